The normalized spacial score (nSPS) is 16.9. The quantitative estimate of drug-likeness (QED) is 0.188. The summed E-state index contributed by atoms with van der Waals surface area (Å²) in [5.41, 5.74) is 5.86. The van der Waals surface area contributed by atoms with Crippen molar-refractivity contribution in [1.82, 2.24) is 15.7 Å². The highest BCUT2D eigenvalue weighted by Gasteiger charge is 2.38. The number of carbonyl (C=O) groups excluding carboxylic acids is 3. The molecule has 3 amide bonds. The highest BCUT2D eigenvalue weighted by Crippen LogP contribution is 2.33. The Kier molecular flexibility index (Phi) is 12.6. The fourth-order valence-corrected chi connectivity index (χ4v) is 6.52. The minimum atomic E-state index is -0.946. The molecule has 0 radical (unpaired) electrons. The van der Waals surface area contributed by atoms with E-state index in [2.05, 4.69) is 30.7 Å². The lowest BCUT2D eigenvalue weighted by Gasteiger charge is -2.33. The first-order valence-electron chi connectivity index (χ1n) is 16.9. The summed E-state index contributed by atoms with van der Waals surface area (Å²) in [4.78, 5) is 49.9. The van der Waals surface area contributed by atoms with Crippen LogP contribution in [0.2, 0.25) is 0 Å². The van der Waals surface area contributed by atoms with Crippen LogP contribution in [0.15, 0.2) is 84.9 Å². The fraction of sp³-hybridized carbons (Fsp3) is 0.462. The van der Waals surface area contributed by atoms with Crippen molar-refractivity contribution < 1.29 is 19.2 Å². The summed E-state index contributed by atoms with van der Waals surface area (Å²) in [6.07, 6.45) is 4.09. The molecule has 1 saturated heterocycles. The van der Waals surface area contributed by atoms with E-state index >= 15 is 0 Å². The van der Waals surface area contributed by atoms with Crippen molar-refractivity contribution in [2.24, 2.45) is 17.8 Å². The van der Waals surface area contributed by atoms with Gasteiger partial charge in [0.05, 0.1) is 5.92 Å². The lowest BCUT2D eigenvalue weighted by atomic mass is 9.81. The van der Waals surface area contributed by atoms with Crippen LogP contribution in [0.4, 0.5) is 0 Å². The van der Waals surface area contributed by atoms with Gasteiger partial charge in [-0.25, -0.2) is 5.48 Å². The largest absolute Gasteiger partial charge is 0.344 e. The van der Waals surface area contributed by atoms with Crippen LogP contribution in [0.5, 0.6) is 0 Å². The van der Waals surface area contributed by atoms with Crippen molar-refractivity contribution in [3.05, 3.63) is 107 Å². The summed E-state index contributed by atoms with van der Waals surface area (Å²) in [5.74, 6) is -1.68. The van der Waals surface area contributed by atoms with Gasteiger partial charge in [0.15, 0.2) is 0 Å². The Hall–Kier alpha value is -3.97. The predicted octanol–water partition coefficient (Wildman–Crippen LogP) is 7.08. The summed E-state index contributed by atoms with van der Waals surface area (Å²) in [6, 6.07) is 27.1. The van der Waals surface area contributed by atoms with E-state index < -0.39 is 23.5 Å². The van der Waals surface area contributed by atoms with Crippen LogP contribution in [0, 0.1) is 24.7 Å². The Bertz CT molecular complexity index is 1390. The van der Waals surface area contributed by atoms with E-state index in [1.165, 1.54) is 0 Å². The topological polar surface area (TPSA) is 87.7 Å². The van der Waals surface area contributed by atoms with Gasteiger partial charge in [-0.05, 0) is 68.6 Å². The first-order valence-corrected chi connectivity index (χ1v) is 16.9. The highest BCUT2D eigenvalue weighted by molar-refractivity contribution is 5.91. The molecule has 3 aromatic carbocycles. The SMILES string of the molecule is CCC[C@H](C(=O)NOC(C)(c1ccccc1)c1ccccc1)[C@@H](CC(C)C)C(=O)N[C@H]1CCCCN(Cc2cccc(C)c2)C1=O. The van der Waals surface area contributed by atoms with Crippen molar-refractivity contribution in [2.45, 2.75) is 91.3 Å². The Morgan fingerprint density at radius 3 is 2.15 bits per heavy atom. The molecule has 46 heavy (non-hydrogen) atoms. The molecule has 1 heterocycles. The number of hydrogen-bond acceptors (Lipinski definition) is 4. The van der Waals surface area contributed by atoms with E-state index in [-0.39, 0.29) is 23.6 Å². The maximum atomic E-state index is 14.1. The number of hydrogen-bond donors (Lipinski definition) is 2. The van der Waals surface area contributed by atoms with Gasteiger partial charge in [0, 0.05) is 19.0 Å². The molecule has 1 fully saturated rings. The molecule has 0 unspecified atom stereocenters. The number of amides is 3. The number of carbonyl (C=O) groups is 3. The van der Waals surface area contributed by atoms with Crippen LogP contribution in [0.1, 0.15) is 88.5 Å². The number of nitrogens with one attached hydrogen (secondary N) is 2. The number of hydroxylamine groups is 1. The molecular formula is C39H51N3O4. The predicted molar refractivity (Wildman–Crippen MR) is 182 cm³/mol. The van der Waals surface area contributed by atoms with E-state index in [0.29, 0.717) is 32.4 Å². The zero-order chi connectivity index (χ0) is 33.1. The molecule has 4 rings (SSSR count). The number of nitrogens with zero attached hydrogens (tertiary/aromatic N) is 1. The second-order valence-electron chi connectivity index (χ2n) is 13.3. The van der Waals surface area contributed by atoms with Gasteiger partial charge in [-0.1, -0.05) is 118 Å². The van der Waals surface area contributed by atoms with E-state index in [0.717, 1.165) is 41.5 Å². The van der Waals surface area contributed by atoms with Gasteiger partial charge in [-0.3, -0.25) is 19.2 Å². The number of benzene rings is 3. The fourth-order valence-electron chi connectivity index (χ4n) is 6.52. The third kappa shape index (κ3) is 9.06. The van der Waals surface area contributed by atoms with Crippen LogP contribution in [0.3, 0.4) is 0 Å². The number of aryl methyl sites for hydroxylation is 1. The second-order valence-corrected chi connectivity index (χ2v) is 13.3. The smallest absolute Gasteiger partial charge is 0.247 e. The lowest BCUT2D eigenvalue weighted by molar-refractivity contribution is -0.155. The van der Waals surface area contributed by atoms with Crippen LogP contribution in [0.25, 0.3) is 0 Å². The standard InChI is InChI=1S/C39H51N3O4/c1-6-16-33(37(44)41-46-39(5,31-19-9-7-10-20-31)32-21-11-8-12-22-32)34(25-28(2)3)36(43)40-35-23-13-14-24-42(38(35)45)27-30-18-15-17-29(4)26-30/h7-12,15,17-22,26,28,33-35H,6,13-14,16,23-25,27H2,1-5H3,(H,40,43)(H,41,44)/t33-,34+,35-/m0/s1. The molecule has 246 valence electrons. The van der Waals surface area contributed by atoms with Crippen LogP contribution in [-0.2, 0) is 31.4 Å². The van der Waals surface area contributed by atoms with Crippen molar-refractivity contribution >= 4 is 17.7 Å². The summed E-state index contributed by atoms with van der Waals surface area (Å²) >= 11 is 0. The molecule has 0 aliphatic carbocycles. The number of rotatable bonds is 14. The van der Waals surface area contributed by atoms with Crippen molar-refractivity contribution in [3.8, 4) is 0 Å². The van der Waals surface area contributed by atoms with Gasteiger partial charge in [0.2, 0.25) is 17.7 Å². The first-order chi connectivity index (χ1) is 22.1. The molecule has 1 aliphatic heterocycles. The molecule has 0 aromatic heterocycles. The third-order valence-electron chi connectivity index (χ3n) is 9.04. The molecule has 7 nitrogen and oxygen atoms in total. The molecule has 0 spiro atoms. The minimum absolute atomic E-state index is 0.0584. The van der Waals surface area contributed by atoms with Gasteiger partial charge in [0.1, 0.15) is 11.6 Å². The van der Waals surface area contributed by atoms with E-state index in [1.807, 2.05) is 105 Å². The van der Waals surface area contributed by atoms with Crippen molar-refractivity contribution in [3.63, 3.8) is 0 Å². The summed E-state index contributed by atoms with van der Waals surface area (Å²) in [5, 5.41) is 3.11. The van der Waals surface area contributed by atoms with Gasteiger partial charge in [0.25, 0.3) is 0 Å². The molecule has 0 saturated carbocycles. The zero-order valence-electron chi connectivity index (χ0n) is 28.1. The Balaban J connectivity index is 1.52. The lowest BCUT2D eigenvalue weighted by Crippen LogP contribution is -2.51. The zero-order valence-corrected chi connectivity index (χ0v) is 28.1. The second kappa shape index (κ2) is 16.5. The van der Waals surface area contributed by atoms with Crippen LogP contribution >= 0.6 is 0 Å². The molecule has 1 aliphatic rings. The Morgan fingerprint density at radius 2 is 1.57 bits per heavy atom. The van der Waals surface area contributed by atoms with Gasteiger partial charge in [-0.15, -0.1) is 0 Å². The van der Waals surface area contributed by atoms with E-state index in [4.69, 9.17) is 4.84 Å². The van der Waals surface area contributed by atoms with Crippen LogP contribution in [-0.4, -0.2) is 35.2 Å². The van der Waals surface area contributed by atoms with Gasteiger partial charge < -0.3 is 10.2 Å². The average molecular weight is 626 g/mol. The Labute approximate surface area is 275 Å². The van der Waals surface area contributed by atoms with Crippen molar-refractivity contribution in [1.29, 1.82) is 0 Å². The minimum Gasteiger partial charge on any atom is -0.344 e. The van der Waals surface area contributed by atoms with Gasteiger partial charge in [-0.2, -0.15) is 0 Å². The molecule has 2 N–H and O–H groups in total. The average Bonchev–Trinajstić information content (AvgIpc) is 3.22. The highest BCUT2D eigenvalue weighted by atomic mass is 16.7. The summed E-state index contributed by atoms with van der Waals surface area (Å²) in [7, 11) is 0. The molecule has 3 atom stereocenters. The molecular weight excluding hydrogens is 574 g/mol. The molecule has 3 aromatic rings. The first kappa shape index (κ1) is 34.9. The molecule has 0 bridgehead atoms. The monoisotopic (exact) mass is 625 g/mol. The summed E-state index contributed by atoms with van der Waals surface area (Å²) < 4.78 is 0. The molecule has 7 heteroatoms. The van der Waals surface area contributed by atoms with E-state index in [1.54, 1.807) is 0 Å². The summed E-state index contributed by atoms with van der Waals surface area (Å²) in [6.45, 7) is 11.3. The van der Waals surface area contributed by atoms with Crippen molar-refractivity contribution in [2.75, 3.05) is 6.54 Å². The van der Waals surface area contributed by atoms with E-state index in [9.17, 15) is 14.4 Å². The Morgan fingerprint density at radius 1 is 0.913 bits per heavy atom. The van der Waals surface area contributed by atoms with Crippen LogP contribution < -0.4 is 10.8 Å². The third-order valence-corrected chi connectivity index (χ3v) is 9.04. The van der Waals surface area contributed by atoms with Gasteiger partial charge >= 0.3 is 0 Å². The maximum absolute atomic E-state index is 14.1. The maximum Gasteiger partial charge on any atom is 0.247 e. The number of likely N-dealkylation sites (tertiary alicyclic amines) is 1.